The van der Waals surface area contributed by atoms with Gasteiger partial charge in [0.05, 0.1) is 30.5 Å². The minimum absolute atomic E-state index is 0.204. The van der Waals surface area contributed by atoms with E-state index in [4.69, 9.17) is 14.3 Å². The molecule has 2 saturated heterocycles. The van der Waals surface area contributed by atoms with Gasteiger partial charge in [-0.25, -0.2) is 4.79 Å². The van der Waals surface area contributed by atoms with Gasteiger partial charge in [-0.3, -0.25) is 14.4 Å². The lowest BCUT2D eigenvalue weighted by molar-refractivity contribution is -0.192. The first-order valence-corrected chi connectivity index (χ1v) is 8.52. The van der Waals surface area contributed by atoms with E-state index in [9.17, 15) is 18.0 Å². The summed E-state index contributed by atoms with van der Waals surface area (Å²) < 4.78 is 38.6. The van der Waals surface area contributed by atoms with Gasteiger partial charge in [-0.05, 0) is 12.5 Å². The van der Waals surface area contributed by atoms with Crippen molar-refractivity contribution in [3.8, 4) is 0 Å². The van der Waals surface area contributed by atoms with E-state index in [0.717, 1.165) is 25.2 Å². The number of furan rings is 1. The van der Waals surface area contributed by atoms with Crippen LogP contribution in [-0.2, 0) is 23.2 Å². The zero-order chi connectivity index (χ0) is 20.5. The van der Waals surface area contributed by atoms with Crippen molar-refractivity contribution in [3.05, 3.63) is 36.5 Å². The summed E-state index contributed by atoms with van der Waals surface area (Å²) in [6, 6.07) is 2.56. The molecule has 0 aliphatic carbocycles. The number of aryl methyl sites for hydroxylation is 1. The molecule has 2 atom stereocenters. The third-order valence-corrected chi connectivity index (χ3v) is 4.79. The van der Waals surface area contributed by atoms with Crippen LogP contribution in [0, 0.1) is 0 Å². The molecule has 2 aromatic rings. The summed E-state index contributed by atoms with van der Waals surface area (Å²) in [5.74, 6) is -2.55. The van der Waals surface area contributed by atoms with E-state index in [-0.39, 0.29) is 11.9 Å². The SMILES string of the molecule is Cn1cc(N2C(=O)CC3C2CCN3Cc2ccoc2)cn1.O=C(O)C(F)(F)F. The monoisotopic (exact) mass is 400 g/mol. The van der Waals surface area contributed by atoms with Gasteiger partial charge in [0.15, 0.2) is 0 Å². The molecule has 152 valence electrons. The van der Waals surface area contributed by atoms with Crippen LogP contribution in [0.1, 0.15) is 18.4 Å². The molecule has 2 aliphatic rings. The van der Waals surface area contributed by atoms with Crippen LogP contribution in [0.3, 0.4) is 0 Å². The number of aromatic nitrogens is 2. The summed E-state index contributed by atoms with van der Waals surface area (Å²) in [5.41, 5.74) is 2.09. The number of hydrogen-bond acceptors (Lipinski definition) is 5. The molecular weight excluding hydrogens is 381 g/mol. The fourth-order valence-corrected chi connectivity index (χ4v) is 3.61. The summed E-state index contributed by atoms with van der Waals surface area (Å²) in [6.07, 6.45) is 3.70. The predicted octanol–water partition coefficient (Wildman–Crippen LogP) is 2.03. The molecule has 4 rings (SSSR count). The first kappa shape index (κ1) is 19.9. The van der Waals surface area contributed by atoms with Crippen LogP contribution in [0.5, 0.6) is 0 Å². The lowest BCUT2D eigenvalue weighted by atomic mass is 10.1. The number of aliphatic carboxylic acids is 1. The summed E-state index contributed by atoms with van der Waals surface area (Å²) in [4.78, 5) is 25.6. The Morgan fingerprint density at radius 2 is 2.11 bits per heavy atom. The van der Waals surface area contributed by atoms with Crippen LogP contribution in [0.15, 0.2) is 35.4 Å². The lowest BCUT2D eigenvalue weighted by Gasteiger charge is -2.24. The maximum Gasteiger partial charge on any atom is 0.490 e. The Labute approximate surface area is 158 Å². The normalized spacial score (nSPS) is 22.1. The Morgan fingerprint density at radius 3 is 2.64 bits per heavy atom. The first-order valence-electron chi connectivity index (χ1n) is 8.52. The number of carbonyl (C=O) groups is 2. The van der Waals surface area contributed by atoms with Crippen LogP contribution < -0.4 is 4.90 Å². The molecule has 4 heterocycles. The van der Waals surface area contributed by atoms with Gasteiger partial charge in [0.25, 0.3) is 0 Å². The van der Waals surface area contributed by atoms with Crippen molar-refractivity contribution in [2.45, 2.75) is 37.6 Å². The molecule has 2 aliphatic heterocycles. The fourth-order valence-electron chi connectivity index (χ4n) is 3.61. The maximum atomic E-state index is 12.4. The second-order valence-electron chi connectivity index (χ2n) is 6.67. The van der Waals surface area contributed by atoms with Crippen LogP contribution in [0.25, 0.3) is 0 Å². The van der Waals surface area contributed by atoms with E-state index >= 15 is 0 Å². The minimum atomic E-state index is -5.08. The van der Waals surface area contributed by atoms with Crippen LogP contribution in [0.2, 0.25) is 0 Å². The van der Waals surface area contributed by atoms with Crippen molar-refractivity contribution in [3.63, 3.8) is 0 Å². The first-order chi connectivity index (χ1) is 13.2. The highest BCUT2D eigenvalue weighted by molar-refractivity contribution is 5.97. The summed E-state index contributed by atoms with van der Waals surface area (Å²) in [7, 11) is 1.88. The molecule has 0 bridgehead atoms. The van der Waals surface area contributed by atoms with Crippen molar-refractivity contribution < 1.29 is 32.3 Å². The number of rotatable bonds is 3. The van der Waals surface area contributed by atoms with E-state index in [1.165, 1.54) is 5.56 Å². The molecule has 11 heteroatoms. The van der Waals surface area contributed by atoms with Crippen LogP contribution in [-0.4, -0.2) is 56.5 Å². The highest BCUT2D eigenvalue weighted by Gasteiger charge is 2.47. The average molecular weight is 400 g/mol. The summed E-state index contributed by atoms with van der Waals surface area (Å²) >= 11 is 0. The van der Waals surface area contributed by atoms with E-state index in [0.29, 0.717) is 12.5 Å². The number of alkyl halides is 3. The minimum Gasteiger partial charge on any atom is -0.475 e. The van der Waals surface area contributed by atoms with Gasteiger partial charge < -0.3 is 14.4 Å². The molecule has 0 saturated carbocycles. The van der Waals surface area contributed by atoms with Crippen molar-refractivity contribution in [2.24, 2.45) is 7.05 Å². The molecule has 1 N–H and O–H groups in total. The van der Waals surface area contributed by atoms with Gasteiger partial charge in [0.2, 0.25) is 5.91 Å². The number of amides is 1. The quantitative estimate of drug-likeness (QED) is 0.848. The molecule has 0 radical (unpaired) electrons. The summed E-state index contributed by atoms with van der Waals surface area (Å²) in [5, 5.41) is 11.3. The van der Waals surface area contributed by atoms with Gasteiger partial charge >= 0.3 is 12.1 Å². The number of likely N-dealkylation sites (tertiary alicyclic amines) is 1. The fraction of sp³-hybridized carbons (Fsp3) is 0.471. The number of carboxylic acids is 1. The molecule has 0 aromatic carbocycles. The van der Waals surface area contributed by atoms with Crippen molar-refractivity contribution in [1.29, 1.82) is 0 Å². The molecule has 0 spiro atoms. The number of carboxylic acid groups (broad SMARTS) is 1. The second kappa shape index (κ2) is 7.66. The van der Waals surface area contributed by atoms with Crippen molar-refractivity contribution in [2.75, 3.05) is 11.4 Å². The van der Waals surface area contributed by atoms with Crippen LogP contribution in [0.4, 0.5) is 18.9 Å². The standard InChI is InChI=1S/C15H18N4O2.C2HF3O2/c1-17-9-12(7-16-17)19-13-2-4-18(14(13)6-15(19)20)8-11-3-5-21-10-11;3-2(4,5)1(6)7/h3,5,7,9-10,13-14H,2,4,6,8H2,1H3;(H,6,7). The Morgan fingerprint density at radius 1 is 1.39 bits per heavy atom. The molecule has 2 aromatic heterocycles. The molecular formula is C17H19F3N4O4. The van der Waals surface area contributed by atoms with Crippen LogP contribution >= 0.6 is 0 Å². The number of hydrogen-bond donors (Lipinski definition) is 1. The predicted molar refractivity (Wildman–Crippen MR) is 90.3 cm³/mol. The second-order valence-corrected chi connectivity index (χ2v) is 6.67. The Balaban J connectivity index is 0.000000279. The third kappa shape index (κ3) is 4.19. The highest BCUT2D eigenvalue weighted by atomic mass is 19.4. The average Bonchev–Trinajstić information content (AvgIpc) is 3.35. The van der Waals surface area contributed by atoms with Crippen molar-refractivity contribution in [1.82, 2.24) is 14.7 Å². The Bertz CT molecular complexity index is 834. The molecule has 1 amide bonds. The molecule has 28 heavy (non-hydrogen) atoms. The zero-order valence-corrected chi connectivity index (χ0v) is 15.0. The van der Waals surface area contributed by atoms with Gasteiger partial charge in [0, 0.05) is 44.4 Å². The molecule has 8 nitrogen and oxygen atoms in total. The highest BCUT2D eigenvalue weighted by Crippen LogP contribution is 2.36. The van der Waals surface area contributed by atoms with Gasteiger partial charge in [-0.15, -0.1) is 0 Å². The maximum absolute atomic E-state index is 12.4. The largest absolute Gasteiger partial charge is 0.490 e. The van der Waals surface area contributed by atoms with E-state index in [1.54, 1.807) is 23.4 Å². The van der Waals surface area contributed by atoms with E-state index in [1.807, 2.05) is 24.2 Å². The van der Waals surface area contributed by atoms with Gasteiger partial charge in [-0.2, -0.15) is 18.3 Å². The number of carbonyl (C=O) groups excluding carboxylic acids is 1. The van der Waals surface area contributed by atoms with Crippen molar-refractivity contribution >= 4 is 17.6 Å². The van der Waals surface area contributed by atoms with E-state index in [2.05, 4.69) is 10.00 Å². The van der Waals surface area contributed by atoms with Gasteiger partial charge in [-0.1, -0.05) is 0 Å². The zero-order valence-electron chi connectivity index (χ0n) is 15.0. The smallest absolute Gasteiger partial charge is 0.475 e. The topological polar surface area (TPSA) is 91.8 Å². The number of anilines is 1. The lowest BCUT2D eigenvalue weighted by Crippen LogP contribution is -2.37. The molecule has 2 fully saturated rings. The summed E-state index contributed by atoms with van der Waals surface area (Å²) in [6.45, 7) is 1.87. The number of nitrogens with zero attached hydrogens (tertiary/aromatic N) is 4. The van der Waals surface area contributed by atoms with E-state index < -0.39 is 12.1 Å². The Hall–Kier alpha value is -2.82. The Kier molecular flexibility index (Phi) is 5.45. The van der Waals surface area contributed by atoms with Gasteiger partial charge in [0.1, 0.15) is 0 Å². The number of fused-ring (bicyclic) bond motifs is 1. The third-order valence-electron chi connectivity index (χ3n) is 4.79. The number of halogens is 3. The molecule has 2 unspecified atom stereocenters.